The summed E-state index contributed by atoms with van der Waals surface area (Å²) in [4.78, 5) is 0. The highest BCUT2D eigenvalue weighted by molar-refractivity contribution is 5.54. The summed E-state index contributed by atoms with van der Waals surface area (Å²) in [6, 6.07) is 12.7. The Kier molecular flexibility index (Phi) is 4.72. The fourth-order valence-electron chi connectivity index (χ4n) is 2.88. The molecule has 0 spiro atoms. The Morgan fingerprint density at radius 2 is 1.96 bits per heavy atom. The first-order valence-corrected chi connectivity index (χ1v) is 7.94. The molecule has 1 aliphatic heterocycles. The molecule has 2 aromatic carbocycles. The van der Waals surface area contributed by atoms with E-state index in [1.807, 2.05) is 12.1 Å². The van der Waals surface area contributed by atoms with Crippen LogP contribution in [0.2, 0.25) is 0 Å². The van der Waals surface area contributed by atoms with Crippen molar-refractivity contribution in [2.75, 3.05) is 20.3 Å². The molecule has 0 unspecified atom stereocenters. The van der Waals surface area contributed by atoms with Crippen molar-refractivity contribution in [1.29, 1.82) is 0 Å². The standard InChI is InChI=1S/C19H23NO3/c1-13-6-4-5-7-16(13)14(2)20-12-15-10-17(21-3)19-18(11-15)22-8-9-23-19/h4-7,10-11,14,20H,8-9,12H2,1-3H3/t14-/m1/s1. The zero-order valence-corrected chi connectivity index (χ0v) is 13.9. The molecule has 0 bridgehead atoms. The first-order chi connectivity index (χ1) is 11.2. The molecule has 0 radical (unpaired) electrons. The molecule has 1 heterocycles. The lowest BCUT2D eigenvalue weighted by atomic mass is 10.0. The normalized spacial score (nSPS) is 14.4. The molecule has 4 heteroatoms. The number of methoxy groups -OCH3 is 1. The summed E-state index contributed by atoms with van der Waals surface area (Å²) in [6.07, 6.45) is 0. The smallest absolute Gasteiger partial charge is 0.203 e. The second-order valence-electron chi connectivity index (χ2n) is 5.78. The van der Waals surface area contributed by atoms with Crippen LogP contribution in [-0.4, -0.2) is 20.3 Å². The van der Waals surface area contributed by atoms with Crippen molar-refractivity contribution >= 4 is 0 Å². The third-order valence-corrected chi connectivity index (χ3v) is 4.16. The maximum Gasteiger partial charge on any atom is 0.203 e. The van der Waals surface area contributed by atoms with Gasteiger partial charge in [0.15, 0.2) is 11.5 Å². The molecule has 1 aliphatic rings. The van der Waals surface area contributed by atoms with Crippen molar-refractivity contribution in [2.24, 2.45) is 0 Å². The lowest BCUT2D eigenvalue weighted by Gasteiger charge is -2.22. The minimum absolute atomic E-state index is 0.274. The fourth-order valence-corrected chi connectivity index (χ4v) is 2.88. The predicted octanol–water partition coefficient (Wildman–Crippen LogP) is 3.63. The number of ether oxygens (including phenoxy) is 3. The van der Waals surface area contributed by atoms with Gasteiger partial charge in [-0.3, -0.25) is 0 Å². The molecule has 0 saturated heterocycles. The van der Waals surface area contributed by atoms with Crippen LogP contribution in [0.25, 0.3) is 0 Å². The predicted molar refractivity (Wildman–Crippen MR) is 90.4 cm³/mol. The molecule has 0 aliphatic carbocycles. The van der Waals surface area contributed by atoms with Crippen molar-refractivity contribution in [1.82, 2.24) is 5.32 Å². The average molecular weight is 313 g/mol. The van der Waals surface area contributed by atoms with Crippen LogP contribution in [0.1, 0.15) is 29.7 Å². The van der Waals surface area contributed by atoms with Gasteiger partial charge in [-0.25, -0.2) is 0 Å². The molecule has 0 fully saturated rings. The van der Waals surface area contributed by atoms with E-state index in [4.69, 9.17) is 14.2 Å². The van der Waals surface area contributed by atoms with E-state index in [2.05, 4.69) is 43.4 Å². The van der Waals surface area contributed by atoms with Crippen LogP contribution in [-0.2, 0) is 6.54 Å². The van der Waals surface area contributed by atoms with Gasteiger partial charge in [-0.05, 0) is 42.7 Å². The Balaban J connectivity index is 1.74. The molecule has 23 heavy (non-hydrogen) atoms. The Bertz CT molecular complexity index is 667. The number of benzene rings is 2. The molecule has 0 amide bonds. The second-order valence-corrected chi connectivity index (χ2v) is 5.78. The van der Waals surface area contributed by atoms with Crippen LogP contribution in [0.15, 0.2) is 36.4 Å². The van der Waals surface area contributed by atoms with E-state index < -0.39 is 0 Å². The first-order valence-electron chi connectivity index (χ1n) is 7.94. The number of nitrogens with one attached hydrogen (secondary N) is 1. The van der Waals surface area contributed by atoms with Crippen LogP contribution >= 0.6 is 0 Å². The zero-order valence-electron chi connectivity index (χ0n) is 13.9. The van der Waals surface area contributed by atoms with Crippen molar-refractivity contribution in [3.05, 3.63) is 53.1 Å². The van der Waals surface area contributed by atoms with E-state index in [9.17, 15) is 0 Å². The maximum absolute atomic E-state index is 5.68. The Hall–Kier alpha value is -2.20. The van der Waals surface area contributed by atoms with Gasteiger partial charge in [0.25, 0.3) is 0 Å². The van der Waals surface area contributed by atoms with Crippen LogP contribution < -0.4 is 19.5 Å². The van der Waals surface area contributed by atoms with Gasteiger partial charge in [0.2, 0.25) is 5.75 Å². The quantitative estimate of drug-likeness (QED) is 0.915. The van der Waals surface area contributed by atoms with E-state index >= 15 is 0 Å². The largest absolute Gasteiger partial charge is 0.493 e. The van der Waals surface area contributed by atoms with Crippen LogP contribution in [0.4, 0.5) is 0 Å². The first kappa shape index (κ1) is 15.7. The lowest BCUT2D eigenvalue weighted by molar-refractivity contribution is 0.165. The lowest BCUT2D eigenvalue weighted by Crippen LogP contribution is -2.20. The van der Waals surface area contributed by atoms with Crippen molar-refractivity contribution in [3.8, 4) is 17.2 Å². The summed E-state index contributed by atoms with van der Waals surface area (Å²) in [7, 11) is 1.65. The zero-order chi connectivity index (χ0) is 16.2. The Labute approximate surface area is 137 Å². The number of hydrogen-bond donors (Lipinski definition) is 1. The molecule has 0 saturated carbocycles. The van der Waals surface area contributed by atoms with Gasteiger partial charge < -0.3 is 19.5 Å². The monoisotopic (exact) mass is 313 g/mol. The second kappa shape index (κ2) is 6.92. The summed E-state index contributed by atoms with van der Waals surface area (Å²) in [6.45, 7) is 6.19. The molecular formula is C19H23NO3. The van der Waals surface area contributed by atoms with Gasteiger partial charge in [-0.15, -0.1) is 0 Å². The summed E-state index contributed by atoms with van der Waals surface area (Å²) < 4.78 is 16.8. The number of fused-ring (bicyclic) bond motifs is 1. The van der Waals surface area contributed by atoms with E-state index in [0.29, 0.717) is 19.0 Å². The highest BCUT2D eigenvalue weighted by atomic mass is 16.6. The van der Waals surface area contributed by atoms with Crippen molar-refractivity contribution in [3.63, 3.8) is 0 Å². The van der Waals surface area contributed by atoms with E-state index in [1.54, 1.807) is 7.11 Å². The number of aryl methyl sites for hydroxylation is 1. The average Bonchev–Trinajstić information content (AvgIpc) is 2.59. The summed E-state index contributed by atoms with van der Waals surface area (Å²) in [5.41, 5.74) is 3.73. The SMILES string of the molecule is COc1cc(CN[C@H](C)c2ccccc2C)cc2c1OCCO2. The van der Waals surface area contributed by atoms with E-state index in [0.717, 1.165) is 23.6 Å². The topological polar surface area (TPSA) is 39.7 Å². The van der Waals surface area contributed by atoms with E-state index in [1.165, 1.54) is 11.1 Å². The number of hydrogen-bond acceptors (Lipinski definition) is 4. The van der Waals surface area contributed by atoms with Gasteiger partial charge in [-0.1, -0.05) is 24.3 Å². The minimum atomic E-state index is 0.274. The van der Waals surface area contributed by atoms with Gasteiger partial charge in [-0.2, -0.15) is 0 Å². The molecule has 122 valence electrons. The van der Waals surface area contributed by atoms with Crippen LogP contribution in [0.3, 0.4) is 0 Å². The van der Waals surface area contributed by atoms with Crippen LogP contribution in [0, 0.1) is 6.92 Å². The van der Waals surface area contributed by atoms with Crippen LogP contribution in [0.5, 0.6) is 17.2 Å². The maximum atomic E-state index is 5.68. The van der Waals surface area contributed by atoms with Gasteiger partial charge in [0, 0.05) is 12.6 Å². The van der Waals surface area contributed by atoms with Crippen molar-refractivity contribution in [2.45, 2.75) is 26.4 Å². The Morgan fingerprint density at radius 3 is 2.74 bits per heavy atom. The molecule has 3 rings (SSSR count). The molecule has 4 nitrogen and oxygen atoms in total. The third-order valence-electron chi connectivity index (χ3n) is 4.16. The Morgan fingerprint density at radius 1 is 1.17 bits per heavy atom. The molecule has 1 N–H and O–H groups in total. The highest BCUT2D eigenvalue weighted by Gasteiger charge is 2.18. The molecule has 1 atom stereocenters. The summed E-state index contributed by atoms with van der Waals surface area (Å²) in [5, 5.41) is 3.56. The molecular weight excluding hydrogens is 290 g/mol. The molecule has 0 aromatic heterocycles. The van der Waals surface area contributed by atoms with Gasteiger partial charge >= 0.3 is 0 Å². The third kappa shape index (κ3) is 3.42. The van der Waals surface area contributed by atoms with Gasteiger partial charge in [0.1, 0.15) is 13.2 Å². The van der Waals surface area contributed by atoms with Crippen molar-refractivity contribution < 1.29 is 14.2 Å². The summed E-state index contributed by atoms with van der Waals surface area (Å²) in [5.74, 6) is 2.19. The fraction of sp³-hybridized carbons (Fsp3) is 0.368. The highest BCUT2D eigenvalue weighted by Crippen LogP contribution is 2.40. The van der Waals surface area contributed by atoms with Gasteiger partial charge in [0.05, 0.1) is 7.11 Å². The minimum Gasteiger partial charge on any atom is -0.493 e. The molecule has 2 aromatic rings. The number of rotatable bonds is 5. The van der Waals surface area contributed by atoms with E-state index in [-0.39, 0.29) is 6.04 Å². The summed E-state index contributed by atoms with van der Waals surface area (Å²) >= 11 is 0.